The van der Waals surface area contributed by atoms with Crippen molar-refractivity contribution in [3.8, 4) is 11.5 Å². The summed E-state index contributed by atoms with van der Waals surface area (Å²) in [4.78, 5) is 14.3. The Balaban J connectivity index is 1.60. The molecule has 1 aliphatic heterocycles. The first-order chi connectivity index (χ1) is 13.7. The summed E-state index contributed by atoms with van der Waals surface area (Å²) in [6, 6.07) is 21.6. The Bertz CT molecular complexity index is 1060. The zero-order chi connectivity index (χ0) is 19.5. The van der Waals surface area contributed by atoms with Crippen LogP contribution in [0.15, 0.2) is 76.5 Å². The van der Waals surface area contributed by atoms with E-state index in [0.29, 0.717) is 18.1 Å². The van der Waals surface area contributed by atoms with E-state index in [0.717, 1.165) is 30.1 Å². The van der Waals surface area contributed by atoms with Crippen molar-refractivity contribution in [2.24, 2.45) is 0 Å². The van der Waals surface area contributed by atoms with Crippen molar-refractivity contribution in [2.45, 2.75) is 11.5 Å². The van der Waals surface area contributed by atoms with Crippen LogP contribution < -0.4 is 9.47 Å². The van der Waals surface area contributed by atoms with Crippen LogP contribution in [-0.2, 0) is 6.61 Å². The number of thioether (sulfide) groups is 1. The van der Waals surface area contributed by atoms with Gasteiger partial charge in [-0.05, 0) is 64.1 Å². The summed E-state index contributed by atoms with van der Waals surface area (Å²) in [7, 11) is 1.63. The van der Waals surface area contributed by atoms with Crippen LogP contribution in [0.3, 0.4) is 0 Å². The quantitative estimate of drug-likeness (QED) is 0.309. The second-order valence-corrected chi connectivity index (χ2v) is 8.49. The molecule has 1 aliphatic rings. The predicted octanol–water partition coefficient (Wildman–Crippen LogP) is 6.21. The number of methoxy groups -OCH3 is 1. The van der Waals surface area contributed by atoms with E-state index in [9.17, 15) is 4.79 Å². The minimum Gasteiger partial charge on any atom is -0.493 e. The molecule has 0 aliphatic carbocycles. The van der Waals surface area contributed by atoms with Gasteiger partial charge < -0.3 is 9.47 Å². The topological polar surface area (TPSA) is 35.5 Å². The maximum atomic E-state index is 12.6. The van der Waals surface area contributed by atoms with E-state index in [1.165, 1.54) is 11.8 Å². The van der Waals surface area contributed by atoms with Gasteiger partial charge in [0.25, 0.3) is 0 Å². The second kappa shape index (κ2) is 8.41. The molecule has 0 fully saturated rings. The standard InChI is InChI=1S/C23H17IO3S/c1-26-19-12-16(13-21-22(25)17-9-5-6-10-20(17)28-21)11-18(24)23(19)27-14-15-7-3-2-4-8-15/h2-13H,14H2,1H3. The number of ether oxygens (including phenoxy) is 2. The van der Waals surface area contributed by atoms with Crippen molar-refractivity contribution >= 4 is 46.2 Å². The molecule has 5 heteroatoms. The number of ketones is 1. The highest BCUT2D eigenvalue weighted by Gasteiger charge is 2.25. The second-order valence-electron chi connectivity index (χ2n) is 6.24. The van der Waals surface area contributed by atoms with Gasteiger partial charge in [-0.2, -0.15) is 0 Å². The Morgan fingerprint density at radius 2 is 1.79 bits per heavy atom. The Hall–Kier alpha value is -2.25. The number of hydrogen-bond acceptors (Lipinski definition) is 4. The average Bonchev–Trinajstić information content (AvgIpc) is 3.03. The fourth-order valence-electron chi connectivity index (χ4n) is 2.98. The first-order valence-corrected chi connectivity index (χ1v) is 10.6. The number of fused-ring (bicyclic) bond motifs is 1. The lowest BCUT2D eigenvalue weighted by Gasteiger charge is -2.14. The molecule has 0 radical (unpaired) electrons. The van der Waals surface area contributed by atoms with E-state index in [2.05, 4.69) is 22.6 Å². The van der Waals surface area contributed by atoms with Gasteiger partial charge in [0, 0.05) is 10.5 Å². The molecule has 0 aromatic heterocycles. The third kappa shape index (κ3) is 3.95. The van der Waals surface area contributed by atoms with Crippen molar-refractivity contribution in [2.75, 3.05) is 7.11 Å². The van der Waals surface area contributed by atoms with E-state index >= 15 is 0 Å². The summed E-state index contributed by atoms with van der Waals surface area (Å²) in [6.07, 6.45) is 1.92. The Kier molecular flexibility index (Phi) is 5.73. The van der Waals surface area contributed by atoms with Crippen LogP contribution in [0.2, 0.25) is 0 Å². The van der Waals surface area contributed by atoms with Crippen LogP contribution >= 0.6 is 34.4 Å². The first kappa shape index (κ1) is 19.1. The van der Waals surface area contributed by atoms with Crippen molar-refractivity contribution in [1.82, 2.24) is 0 Å². The van der Waals surface area contributed by atoms with E-state index in [1.807, 2.05) is 72.8 Å². The molecule has 140 valence electrons. The van der Waals surface area contributed by atoms with E-state index in [-0.39, 0.29) is 5.78 Å². The number of carbonyl (C=O) groups is 1. The number of rotatable bonds is 5. The monoisotopic (exact) mass is 500 g/mol. The third-order valence-corrected chi connectivity index (χ3v) is 6.25. The maximum Gasteiger partial charge on any atom is 0.200 e. The van der Waals surface area contributed by atoms with E-state index in [4.69, 9.17) is 9.47 Å². The molecule has 4 rings (SSSR count). The molecular formula is C23H17IO3S. The van der Waals surface area contributed by atoms with Crippen LogP contribution in [0.4, 0.5) is 0 Å². The molecule has 0 saturated heterocycles. The zero-order valence-electron chi connectivity index (χ0n) is 15.1. The molecular weight excluding hydrogens is 483 g/mol. The largest absolute Gasteiger partial charge is 0.493 e. The van der Waals surface area contributed by atoms with Crippen LogP contribution in [0, 0.1) is 3.57 Å². The summed E-state index contributed by atoms with van der Waals surface area (Å²) in [5.74, 6) is 1.43. The van der Waals surface area contributed by atoms with E-state index in [1.54, 1.807) is 7.11 Å². The zero-order valence-corrected chi connectivity index (χ0v) is 18.1. The number of halogens is 1. The molecule has 1 heterocycles. The van der Waals surface area contributed by atoms with Crippen LogP contribution in [0.25, 0.3) is 6.08 Å². The van der Waals surface area contributed by atoms with Gasteiger partial charge >= 0.3 is 0 Å². The summed E-state index contributed by atoms with van der Waals surface area (Å²) in [5.41, 5.74) is 2.78. The third-order valence-electron chi connectivity index (χ3n) is 4.35. The Morgan fingerprint density at radius 1 is 1.04 bits per heavy atom. The Morgan fingerprint density at radius 3 is 2.54 bits per heavy atom. The molecule has 0 saturated carbocycles. The van der Waals surface area contributed by atoms with Gasteiger partial charge in [0.2, 0.25) is 5.78 Å². The number of Topliss-reactive ketones (excluding diaryl/α,β-unsaturated/α-hetero) is 1. The van der Waals surface area contributed by atoms with Gasteiger partial charge in [0.05, 0.1) is 15.6 Å². The summed E-state index contributed by atoms with van der Waals surface area (Å²) in [6.45, 7) is 0.470. The fourth-order valence-corrected chi connectivity index (χ4v) is 4.81. The minimum atomic E-state index is 0.0685. The highest BCUT2D eigenvalue weighted by atomic mass is 127. The molecule has 28 heavy (non-hydrogen) atoms. The lowest BCUT2D eigenvalue weighted by Crippen LogP contribution is -2.00. The van der Waals surface area contributed by atoms with Crippen molar-refractivity contribution in [1.29, 1.82) is 0 Å². The van der Waals surface area contributed by atoms with Gasteiger partial charge in [-0.25, -0.2) is 0 Å². The molecule has 0 bridgehead atoms. The first-order valence-electron chi connectivity index (χ1n) is 8.73. The molecule has 0 atom stereocenters. The number of allylic oxidation sites excluding steroid dienone is 1. The number of benzene rings is 3. The van der Waals surface area contributed by atoms with Crippen molar-refractivity contribution < 1.29 is 14.3 Å². The summed E-state index contributed by atoms with van der Waals surface area (Å²) < 4.78 is 12.5. The van der Waals surface area contributed by atoms with Crippen molar-refractivity contribution in [3.05, 3.63) is 91.9 Å². The van der Waals surface area contributed by atoms with Crippen LogP contribution in [-0.4, -0.2) is 12.9 Å². The van der Waals surface area contributed by atoms with Gasteiger partial charge in [0.15, 0.2) is 11.5 Å². The molecule has 0 amide bonds. The summed E-state index contributed by atoms with van der Waals surface area (Å²) >= 11 is 3.75. The number of carbonyl (C=O) groups excluding carboxylic acids is 1. The average molecular weight is 500 g/mol. The minimum absolute atomic E-state index is 0.0685. The molecule has 0 N–H and O–H groups in total. The van der Waals surface area contributed by atoms with Crippen LogP contribution in [0.1, 0.15) is 21.5 Å². The lowest BCUT2D eigenvalue weighted by atomic mass is 10.1. The maximum absolute atomic E-state index is 12.6. The normalized spacial score (nSPS) is 14.2. The van der Waals surface area contributed by atoms with Gasteiger partial charge in [-0.15, -0.1) is 0 Å². The van der Waals surface area contributed by atoms with Gasteiger partial charge in [-0.1, -0.05) is 54.2 Å². The SMILES string of the molecule is COc1cc(C=C2Sc3ccccc3C2=O)cc(I)c1OCc1ccccc1. The predicted molar refractivity (Wildman–Crippen MR) is 121 cm³/mol. The van der Waals surface area contributed by atoms with Gasteiger partial charge in [0.1, 0.15) is 6.61 Å². The summed E-state index contributed by atoms with van der Waals surface area (Å²) in [5, 5.41) is 0. The molecule has 3 aromatic rings. The molecule has 0 unspecified atom stereocenters. The van der Waals surface area contributed by atoms with Crippen LogP contribution in [0.5, 0.6) is 11.5 Å². The fraction of sp³-hybridized carbons (Fsp3) is 0.0870. The Labute approximate surface area is 181 Å². The van der Waals surface area contributed by atoms with E-state index < -0.39 is 0 Å². The van der Waals surface area contributed by atoms with Crippen molar-refractivity contribution in [3.63, 3.8) is 0 Å². The lowest BCUT2D eigenvalue weighted by molar-refractivity contribution is 0.104. The number of hydrogen-bond donors (Lipinski definition) is 0. The smallest absolute Gasteiger partial charge is 0.200 e. The van der Waals surface area contributed by atoms with Gasteiger partial charge in [-0.3, -0.25) is 4.79 Å². The molecule has 3 aromatic carbocycles. The highest BCUT2D eigenvalue weighted by molar-refractivity contribution is 14.1. The molecule has 3 nitrogen and oxygen atoms in total. The molecule has 0 spiro atoms. The highest BCUT2D eigenvalue weighted by Crippen LogP contribution is 2.42.